The average Bonchev–Trinajstić information content (AvgIpc) is 3.37. The molecule has 3 N–H and O–H groups in total. The summed E-state index contributed by atoms with van der Waals surface area (Å²) in [5.74, 6) is 0.950. The molecule has 0 aromatic rings. The second-order valence-corrected chi connectivity index (χ2v) is 10.2. The molecule has 0 radical (unpaired) electrons. The van der Waals surface area contributed by atoms with Crippen molar-refractivity contribution < 1.29 is 19.5 Å². The third-order valence-electron chi connectivity index (χ3n) is 7.66. The molecule has 0 saturated heterocycles. The number of carbonyl (C=O) groups excluding carboxylic acids is 2. The highest BCUT2D eigenvalue weighted by Gasteiger charge is 2.55. The number of rotatable bonds is 7. The van der Waals surface area contributed by atoms with E-state index < -0.39 is 17.4 Å². The molecule has 0 spiro atoms. The molecule has 4 bridgehead atoms. The Labute approximate surface area is 160 Å². The van der Waals surface area contributed by atoms with Gasteiger partial charge in [-0.25, -0.2) is 0 Å². The van der Waals surface area contributed by atoms with Gasteiger partial charge in [0.05, 0.1) is 5.41 Å². The first kappa shape index (κ1) is 18.8. The Hall–Kier alpha value is -1.59. The smallest absolute Gasteiger partial charge is 0.311 e. The van der Waals surface area contributed by atoms with Crippen LogP contribution < -0.4 is 10.6 Å². The van der Waals surface area contributed by atoms with Crippen LogP contribution in [0, 0.1) is 34.5 Å². The van der Waals surface area contributed by atoms with Gasteiger partial charge in [0.15, 0.2) is 0 Å². The molecule has 0 aromatic heterocycles. The van der Waals surface area contributed by atoms with E-state index in [0.717, 1.165) is 19.3 Å². The molecule has 5 saturated carbocycles. The van der Waals surface area contributed by atoms with Gasteiger partial charge in [-0.05, 0) is 75.0 Å². The minimum atomic E-state index is -0.846. The van der Waals surface area contributed by atoms with Crippen LogP contribution in [-0.2, 0) is 14.4 Å². The summed E-state index contributed by atoms with van der Waals surface area (Å²) in [6, 6.07) is -0.602. The summed E-state index contributed by atoms with van der Waals surface area (Å²) in [4.78, 5) is 37.3. The summed E-state index contributed by atoms with van der Waals surface area (Å²) < 4.78 is 0. The second kappa shape index (κ2) is 6.49. The minimum absolute atomic E-state index is 0.0390. The zero-order valence-corrected chi connectivity index (χ0v) is 16.4. The summed E-state index contributed by atoms with van der Waals surface area (Å²) in [5, 5.41) is 15.1. The van der Waals surface area contributed by atoms with E-state index in [4.69, 9.17) is 0 Å². The second-order valence-electron chi connectivity index (χ2n) is 10.2. The van der Waals surface area contributed by atoms with Gasteiger partial charge in [0.2, 0.25) is 11.8 Å². The van der Waals surface area contributed by atoms with E-state index in [2.05, 4.69) is 10.6 Å². The quantitative estimate of drug-likeness (QED) is 0.635. The van der Waals surface area contributed by atoms with Crippen LogP contribution in [0.3, 0.4) is 0 Å². The Kier molecular flexibility index (Phi) is 4.51. The van der Waals surface area contributed by atoms with E-state index in [0.29, 0.717) is 30.6 Å². The van der Waals surface area contributed by atoms with Crippen LogP contribution in [0.5, 0.6) is 0 Å². The summed E-state index contributed by atoms with van der Waals surface area (Å²) in [6.07, 6.45) is 7.95. The number of aliphatic carboxylic acids is 1. The van der Waals surface area contributed by atoms with E-state index in [-0.39, 0.29) is 29.7 Å². The number of carbonyl (C=O) groups is 3. The maximum absolute atomic E-state index is 13.3. The summed E-state index contributed by atoms with van der Waals surface area (Å²) in [7, 11) is 0. The molecule has 6 heteroatoms. The number of hydrogen-bond donors (Lipinski definition) is 3. The third-order valence-corrected chi connectivity index (χ3v) is 7.66. The predicted octanol–water partition coefficient (Wildman–Crippen LogP) is 2.32. The van der Waals surface area contributed by atoms with Crippen LogP contribution in [-0.4, -0.2) is 35.5 Å². The van der Waals surface area contributed by atoms with E-state index >= 15 is 0 Å². The van der Waals surface area contributed by atoms with E-state index in [1.165, 1.54) is 19.3 Å². The molecule has 5 rings (SSSR count). The largest absolute Gasteiger partial charge is 0.481 e. The van der Waals surface area contributed by atoms with Gasteiger partial charge in [-0.2, -0.15) is 0 Å². The number of carboxylic acid groups (broad SMARTS) is 1. The van der Waals surface area contributed by atoms with Gasteiger partial charge in [-0.1, -0.05) is 13.8 Å². The Balaban J connectivity index is 1.40. The lowest BCUT2D eigenvalue weighted by atomic mass is 9.49. The Bertz CT molecular complexity index is 617. The van der Waals surface area contributed by atoms with Gasteiger partial charge in [0, 0.05) is 12.0 Å². The molecule has 0 aromatic carbocycles. The zero-order valence-electron chi connectivity index (χ0n) is 16.4. The van der Waals surface area contributed by atoms with Crippen molar-refractivity contribution in [3.63, 3.8) is 0 Å². The van der Waals surface area contributed by atoms with Crippen LogP contribution in [0.4, 0.5) is 0 Å². The third kappa shape index (κ3) is 3.36. The van der Waals surface area contributed by atoms with E-state index in [9.17, 15) is 19.5 Å². The predicted molar refractivity (Wildman–Crippen MR) is 99.7 cm³/mol. The number of amides is 2. The Morgan fingerprint density at radius 2 is 1.52 bits per heavy atom. The standard InChI is InChI=1S/C21H32N2O4/c1-12(2)16(17(24)22-11-20(3-4-20)19(26)27)23-18(25)21-8-13-5-14(9-21)7-15(6-13)10-21/h12-16H,3-11H2,1-2H3,(H,22,24)(H,23,25)(H,26,27). The van der Waals surface area contributed by atoms with Gasteiger partial charge >= 0.3 is 5.97 Å². The molecule has 5 aliphatic rings. The van der Waals surface area contributed by atoms with Gasteiger partial charge in [-0.15, -0.1) is 0 Å². The summed E-state index contributed by atoms with van der Waals surface area (Å²) in [6.45, 7) is 4.00. The average molecular weight is 376 g/mol. The number of nitrogens with one attached hydrogen (secondary N) is 2. The van der Waals surface area contributed by atoms with Crippen LogP contribution in [0.15, 0.2) is 0 Å². The maximum atomic E-state index is 13.3. The maximum Gasteiger partial charge on any atom is 0.311 e. The van der Waals surface area contributed by atoms with Gasteiger partial charge < -0.3 is 15.7 Å². The lowest BCUT2D eigenvalue weighted by molar-refractivity contribution is -0.149. The van der Waals surface area contributed by atoms with Crippen LogP contribution in [0.2, 0.25) is 0 Å². The summed E-state index contributed by atoms with van der Waals surface area (Å²) in [5.41, 5.74) is -1.07. The van der Waals surface area contributed by atoms with Crippen molar-refractivity contribution >= 4 is 17.8 Å². The lowest BCUT2D eigenvalue weighted by Gasteiger charge is -2.55. The summed E-state index contributed by atoms with van der Waals surface area (Å²) >= 11 is 0. The van der Waals surface area contributed by atoms with Crippen LogP contribution in [0.25, 0.3) is 0 Å². The molecule has 1 unspecified atom stereocenters. The van der Waals surface area contributed by atoms with Crippen molar-refractivity contribution in [2.45, 2.75) is 71.3 Å². The lowest BCUT2D eigenvalue weighted by Crippen LogP contribution is -2.58. The fraction of sp³-hybridized carbons (Fsp3) is 0.857. The van der Waals surface area contributed by atoms with Gasteiger partial charge in [0.25, 0.3) is 0 Å². The molecule has 2 amide bonds. The molecule has 150 valence electrons. The van der Waals surface area contributed by atoms with Crippen molar-refractivity contribution in [3.8, 4) is 0 Å². The van der Waals surface area contributed by atoms with Crippen LogP contribution >= 0.6 is 0 Å². The van der Waals surface area contributed by atoms with Crippen molar-refractivity contribution in [2.24, 2.45) is 34.5 Å². The van der Waals surface area contributed by atoms with Crippen molar-refractivity contribution in [1.82, 2.24) is 10.6 Å². The molecular formula is C21H32N2O4. The van der Waals surface area contributed by atoms with Crippen LogP contribution in [0.1, 0.15) is 65.2 Å². The first-order chi connectivity index (χ1) is 12.7. The highest BCUT2D eigenvalue weighted by atomic mass is 16.4. The first-order valence-electron chi connectivity index (χ1n) is 10.6. The van der Waals surface area contributed by atoms with Gasteiger partial charge in [0.1, 0.15) is 6.04 Å². The fourth-order valence-corrected chi connectivity index (χ4v) is 6.20. The highest BCUT2D eigenvalue weighted by Crippen LogP contribution is 2.60. The zero-order chi connectivity index (χ0) is 19.4. The van der Waals surface area contributed by atoms with Crippen molar-refractivity contribution in [2.75, 3.05) is 6.54 Å². The molecule has 0 aliphatic heterocycles. The van der Waals surface area contributed by atoms with Crippen molar-refractivity contribution in [1.29, 1.82) is 0 Å². The SMILES string of the molecule is CC(C)C(NC(=O)C12CC3CC(CC(C3)C1)C2)C(=O)NCC1(C(=O)O)CC1. The molecule has 5 aliphatic carbocycles. The molecule has 27 heavy (non-hydrogen) atoms. The molecule has 5 fully saturated rings. The molecule has 6 nitrogen and oxygen atoms in total. The normalized spacial score (nSPS) is 36.3. The number of hydrogen-bond acceptors (Lipinski definition) is 3. The van der Waals surface area contributed by atoms with Crippen molar-refractivity contribution in [3.05, 3.63) is 0 Å². The molecular weight excluding hydrogens is 344 g/mol. The highest BCUT2D eigenvalue weighted by molar-refractivity contribution is 5.91. The van der Waals surface area contributed by atoms with E-state index in [1.807, 2.05) is 13.8 Å². The van der Waals surface area contributed by atoms with Gasteiger partial charge in [-0.3, -0.25) is 14.4 Å². The Morgan fingerprint density at radius 3 is 1.93 bits per heavy atom. The number of carboxylic acids is 1. The topological polar surface area (TPSA) is 95.5 Å². The first-order valence-corrected chi connectivity index (χ1v) is 10.6. The Morgan fingerprint density at radius 1 is 1.00 bits per heavy atom. The van der Waals surface area contributed by atoms with E-state index in [1.54, 1.807) is 0 Å². The molecule has 0 heterocycles. The monoisotopic (exact) mass is 376 g/mol. The minimum Gasteiger partial charge on any atom is -0.481 e. The molecule has 1 atom stereocenters. The fourth-order valence-electron chi connectivity index (χ4n) is 6.20.